The Bertz CT molecular complexity index is 478. The summed E-state index contributed by atoms with van der Waals surface area (Å²) in [5, 5.41) is 3.57. The molecule has 3 nitrogen and oxygen atoms in total. The summed E-state index contributed by atoms with van der Waals surface area (Å²) in [6.07, 6.45) is 3.63. The maximum Gasteiger partial charge on any atom is 0.238 e. The largest absolute Gasteiger partial charge is 0.323 e. The molecule has 0 bridgehead atoms. The summed E-state index contributed by atoms with van der Waals surface area (Å²) in [6, 6.07) is 4.41. The number of carbonyl (C=O) groups excluding carboxylic acids is 1. The number of piperidine rings is 1. The summed E-state index contributed by atoms with van der Waals surface area (Å²) < 4.78 is 0. The Kier molecular flexibility index (Phi) is 5.06. The Morgan fingerprint density at radius 2 is 2.15 bits per heavy atom. The van der Waals surface area contributed by atoms with Crippen molar-refractivity contribution in [3.05, 3.63) is 28.3 Å². The van der Waals surface area contributed by atoms with Gasteiger partial charge in [-0.2, -0.15) is 0 Å². The molecule has 110 valence electrons. The molecule has 0 radical (unpaired) electrons. The van der Waals surface area contributed by atoms with Gasteiger partial charge in [-0.15, -0.1) is 0 Å². The molecule has 1 aliphatic rings. The molecule has 1 atom stereocenters. The molecule has 1 heterocycles. The van der Waals surface area contributed by atoms with Gasteiger partial charge in [-0.05, 0) is 57.4 Å². The summed E-state index contributed by atoms with van der Waals surface area (Å²) in [7, 11) is 0. The standard InChI is InChI=1S/C16H23ClN2O/c1-11-8-12(2)16(14(17)9-11)18-15(20)10-19-7-5-4-6-13(19)3/h8-9,13H,4-7,10H2,1-3H3,(H,18,20). The van der Waals surface area contributed by atoms with E-state index in [1.54, 1.807) is 0 Å². The first-order valence-electron chi connectivity index (χ1n) is 7.28. The van der Waals surface area contributed by atoms with Crippen LogP contribution in [0.5, 0.6) is 0 Å². The summed E-state index contributed by atoms with van der Waals surface area (Å²) in [4.78, 5) is 14.5. The Morgan fingerprint density at radius 1 is 1.40 bits per heavy atom. The average molecular weight is 295 g/mol. The maximum absolute atomic E-state index is 12.2. The van der Waals surface area contributed by atoms with Crippen LogP contribution in [0.4, 0.5) is 5.69 Å². The number of amides is 1. The van der Waals surface area contributed by atoms with Crippen LogP contribution >= 0.6 is 11.6 Å². The fourth-order valence-electron chi connectivity index (χ4n) is 2.83. The minimum atomic E-state index is 0.0209. The molecule has 0 saturated carbocycles. The summed E-state index contributed by atoms with van der Waals surface area (Å²) in [5.74, 6) is 0.0209. The fraction of sp³-hybridized carbons (Fsp3) is 0.562. The highest BCUT2D eigenvalue weighted by Gasteiger charge is 2.21. The third kappa shape index (κ3) is 3.74. The molecule has 1 saturated heterocycles. The second kappa shape index (κ2) is 6.59. The second-order valence-corrected chi connectivity index (χ2v) is 6.21. The van der Waals surface area contributed by atoms with Crippen LogP contribution in [0.3, 0.4) is 0 Å². The van der Waals surface area contributed by atoms with Crippen LogP contribution < -0.4 is 5.32 Å². The number of aryl methyl sites for hydroxylation is 2. The summed E-state index contributed by atoms with van der Waals surface area (Å²) in [6.45, 7) is 7.62. The highest BCUT2D eigenvalue weighted by molar-refractivity contribution is 6.34. The van der Waals surface area contributed by atoms with Gasteiger partial charge in [0, 0.05) is 6.04 Å². The number of hydrogen-bond donors (Lipinski definition) is 1. The first-order chi connectivity index (χ1) is 9.47. The smallest absolute Gasteiger partial charge is 0.238 e. The number of carbonyl (C=O) groups is 1. The number of halogens is 1. The normalized spacial score (nSPS) is 19.9. The van der Waals surface area contributed by atoms with Crippen LogP contribution in [-0.2, 0) is 4.79 Å². The summed E-state index contributed by atoms with van der Waals surface area (Å²) >= 11 is 6.22. The second-order valence-electron chi connectivity index (χ2n) is 5.80. The lowest BCUT2D eigenvalue weighted by Crippen LogP contribution is -2.42. The molecular weight excluding hydrogens is 272 g/mol. The third-order valence-corrected chi connectivity index (χ3v) is 4.28. The zero-order valence-corrected chi connectivity index (χ0v) is 13.3. The van der Waals surface area contributed by atoms with Crippen molar-refractivity contribution in [1.29, 1.82) is 0 Å². The molecular formula is C16H23ClN2O. The van der Waals surface area contributed by atoms with Gasteiger partial charge >= 0.3 is 0 Å². The Hall–Kier alpha value is -1.06. The third-order valence-electron chi connectivity index (χ3n) is 3.98. The van der Waals surface area contributed by atoms with Crippen LogP contribution in [0.1, 0.15) is 37.3 Å². The lowest BCUT2D eigenvalue weighted by Gasteiger charge is -2.32. The van der Waals surface area contributed by atoms with Gasteiger partial charge in [0.1, 0.15) is 0 Å². The monoisotopic (exact) mass is 294 g/mol. The molecule has 2 rings (SSSR count). The predicted octanol–water partition coefficient (Wildman–Crippen LogP) is 3.77. The Labute approximate surface area is 126 Å². The minimum Gasteiger partial charge on any atom is -0.323 e. The van der Waals surface area contributed by atoms with Crippen LogP contribution in [0.15, 0.2) is 12.1 Å². The number of nitrogens with zero attached hydrogens (tertiary/aromatic N) is 1. The maximum atomic E-state index is 12.2. The van der Waals surface area contributed by atoms with E-state index in [0.29, 0.717) is 17.6 Å². The summed E-state index contributed by atoms with van der Waals surface area (Å²) in [5.41, 5.74) is 2.86. The van der Waals surface area contributed by atoms with Crippen LogP contribution in [-0.4, -0.2) is 29.9 Å². The average Bonchev–Trinajstić information content (AvgIpc) is 2.36. The van der Waals surface area contributed by atoms with Crippen LogP contribution in [0.2, 0.25) is 5.02 Å². The number of likely N-dealkylation sites (tertiary alicyclic amines) is 1. The number of benzene rings is 1. The quantitative estimate of drug-likeness (QED) is 0.920. The van der Waals surface area contributed by atoms with E-state index in [1.165, 1.54) is 19.3 Å². The first-order valence-corrected chi connectivity index (χ1v) is 7.66. The predicted molar refractivity (Wildman–Crippen MR) is 84.4 cm³/mol. The minimum absolute atomic E-state index is 0.0209. The highest BCUT2D eigenvalue weighted by atomic mass is 35.5. The van der Waals surface area contributed by atoms with Crippen molar-refractivity contribution in [2.45, 2.75) is 46.1 Å². The first kappa shape index (κ1) is 15.3. The van der Waals surface area contributed by atoms with Crippen molar-refractivity contribution in [1.82, 2.24) is 4.90 Å². The van der Waals surface area contributed by atoms with E-state index in [4.69, 9.17) is 11.6 Å². The SMILES string of the molecule is Cc1cc(C)c(NC(=O)CN2CCCCC2C)c(Cl)c1. The van der Waals surface area contributed by atoms with Crippen molar-refractivity contribution in [3.63, 3.8) is 0 Å². The van der Waals surface area contributed by atoms with Gasteiger partial charge in [0.2, 0.25) is 5.91 Å². The lowest BCUT2D eigenvalue weighted by molar-refractivity contribution is -0.118. The van der Waals surface area contributed by atoms with E-state index in [9.17, 15) is 4.79 Å². The molecule has 0 spiro atoms. The van der Waals surface area contributed by atoms with E-state index in [-0.39, 0.29) is 5.91 Å². The van der Waals surface area contributed by atoms with Gasteiger partial charge in [0.05, 0.1) is 17.3 Å². The molecule has 0 aliphatic carbocycles. The molecule has 1 aromatic carbocycles. The van der Waals surface area contributed by atoms with E-state index < -0.39 is 0 Å². The highest BCUT2D eigenvalue weighted by Crippen LogP contribution is 2.27. The van der Waals surface area contributed by atoms with Crippen LogP contribution in [0, 0.1) is 13.8 Å². The molecule has 0 aromatic heterocycles. The van der Waals surface area contributed by atoms with Gasteiger partial charge in [0.25, 0.3) is 0 Å². The van der Waals surface area contributed by atoms with Gasteiger partial charge in [0.15, 0.2) is 0 Å². The molecule has 1 N–H and O–H groups in total. The number of rotatable bonds is 3. The molecule has 1 aliphatic heterocycles. The van der Waals surface area contributed by atoms with Crippen molar-refractivity contribution >= 4 is 23.2 Å². The lowest BCUT2D eigenvalue weighted by atomic mass is 10.0. The van der Waals surface area contributed by atoms with Crippen molar-refractivity contribution in [3.8, 4) is 0 Å². The van der Waals surface area contributed by atoms with Crippen molar-refractivity contribution < 1.29 is 4.79 Å². The number of nitrogens with one attached hydrogen (secondary N) is 1. The van der Waals surface area contributed by atoms with E-state index in [1.807, 2.05) is 26.0 Å². The number of hydrogen-bond acceptors (Lipinski definition) is 2. The van der Waals surface area contributed by atoms with E-state index in [0.717, 1.165) is 23.4 Å². The zero-order valence-electron chi connectivity index (χ0n) is 12.5. The number of anilines is 1. The molecule has 1 fully saturated rings. The van der Waals surface area contributed by atoms with Crippen molar-refractivity contribution in [2.24, 2.45) is 0 Å². The fourth-order valence-corrected chi connectivity index (χ4v) is 3.20. The van der Waals surface area contributed by atoms with Gasteiger partial charge in [-0.3, -0.25) is 9.69 Å². The zero-order chi connectivity index (χ0) is 14.7. The molecule has 4 heteroatoms. The molecule has 1 amide bonds. The molecule has 1 unspecified atom stereocenters. The Balaban J connectivity index is 2.01. The topological polar surface area (TPSA) is 32.3 Å². The van der Waals surface area contributed by atoms with Gasteiger partial charge in [-0.1, -0.05) is 24.1 Å². The van der Waals surface area contributed by atoms with Gasteiger partial charge < -0.3 is 5.32 Å². The van der Waals surface area contributed by atoms with E-state index in [2.05, 4.69) is 17.1 Å². The molecule has 20 heavy (non-hydrogen) atoms. The van der Waals surface area contributed by atoms with Crippen LogP contribution in [0.25, 0.3) is 0 Å². The molecule has 1 aromatic rings. The van der Waals surface area contributed by atoms with Crippen molar-refractivity contribution in [2.75, 3.05) is 18.4 Å². The Morgan fingerprint density at radius 3 is 2.80 bits per heavy atom. The van der Waals surface area contributed by atoms with Gasteiger partial charge in [-0.25, -0.2) is 0 Å². The van der Waals surface area contributed by atoms with E-state index >= 15 is 0 Å².